The number of nitrogens with zero attached hydrogens (tertiary/aromatic N) is 1. The minimum absolute atomic E-state index is 0.254. The molecule has 0 spiro atoms. The Bertz CT molecular complexity index is 358. The van der Waals surface area contributed by atoms with Gasteiger partial charge in [0.05, 0.1) is 18.3 Å². The standard InChI is InChI=1S/C10H23N3O4S/c1-10(2)8-13(7-9(6-11)17-10)18(14,15)12-4-5-16-3/h9,12H,4-8,11H2,1-3H3. The zero-order chi connectivity index (χ0) is 13.8. The van der Waals surface area contributed by atoms with Crippen LogP contribution < -0.4 is 10.5 Å². The molecule has 1 unspecified atom stereocenters. The quantitative estimate of drug-likeness (QED) is 0.603. The summed E-state index contributed by atoms with van der Waals surface area (Å²) in [6.45, 7) is 5.19. The molecule has 7 nitrogen and oxygen atoms in total. The number of ether oxygens (including phenoxy) is 2. The van der Waals surface area contributed by atoms with Gasteiger partial charge in [-0.05, 0) is 13.8 Å². The maximum atomic E-state index is 12.1. The van der Waals surface area contributed by atoms with Crippen molar-refractivity contribution < 1.29 is 17.9 Å². The van der Waals surface area contributed by atoms with E-state index in [0.717, 1.165) is 0 Å². The molecule has 1 saturated heterocycles. The molecule has 0 radical (unpaired) electrons. The third kappa shape index (κ3) is 4.45. The van der Waals surface area contributed by atoms with Gasteiger partial charge >= 0.3 is 0 Å². The van der Waals surface area contributed by atoms with Gasteiger partial charge in [-0.3, -0.25) is 0 Å². The normalized spacial score (nSPS) is 25.2. The summed E-state index contributed by atoms with van der Waals surface area (Å²) in [5, 5.41) is 0. The summed E-state index contributed by atoms with van der Waals surface area (Å²) in [6.07, 6.45) is -0.271. The fourth-order valence-corrected chi connectivity index (χ4v) is 3.28. The predicted molar refractivity (Wildman–Crippen MR) is 68.4 cm³/mol. The Morgan fingerprint density at radius 1 is 1.56 bits per heavy atom. The van der Waals surface area contributed by atoms with Crippen LogP contribution in [0.4, 0.5) is 0 Å². The summed E-state index contributed by atoms with van der Waals surface area (Å²) in [5.74, 6) is 0. The van der Waals surface area contributed by atoms with E-state index in [0.29, 0.717) is 19.7 Å². The first-order chi connectivity index (χ1) is 8.30. The van der Waals surface area contributed by atoms with Crippen LogP contribution in [0.1, 0.15) is 13.8 Å². The second-order valence-corrected chi connectivity index (χ2v) is 6.68. The molecule has 1 aliphatic rings. The van der Waals surface area contributed by atoms with E-state index in [1.165, 1.54) is 11.4 Å². The average molecular weight is 281 g/mol. The highest BCUT2D eigenvalue weighted by Gasteiger charge is 2.38. The lowest BCUT2D eigenvalue weighted by Crippen LogP contribution is -2.58. The van der Waals surface area contributed by atoms with Crippen LogP contribution in [-0.4, -0.2) is 64.3 Å². The molecule has 18 heavy (non-hydrogen) atoms. The minimum Gasteiger partial charge on any atom is -0.383 e. The number of rotatable bonds is 6. The molecule has 8 heteroatoms. The van der Waals surface area contributed by atoms with E-state index in [-0.39, 0.29) is 19.2 Å². The summed E-state index contributed by atoms with van der Waals surface area (Å²) >= 11 is 0. The maximum absolute atomic E-state index is 12.1. The molecule has 1 heterocycles. The first-order valence-corrected chi connectivity index (χ1v) is 7.36. The van der Waals surface area contributed by atoms with E-state index < -0.39 is 15.8 Å². The van der Waals surface area contributed by atoms with Crippen LogP contribution in [0.5, 0.6) is 0 Å². The monoisotopic (exact) mass is 281 g/mol. The largest absolute Gasteiger partial charge is 0.383 e. The highest BCUT2D eigenvalue weighted by molar-refractivity contribution is 7.87. The molecule has 0 aromatic rings. The Morgan fingerprint density at radius 3 is 2.78 bits per heavy atom. The first-order valence-electron chi connectivity index (χ1n) is 5.92. The van der Waals surface area contributed by atoms with Crippen LogP contribution in [0.15, 0.2) is 0 Å². The lowest BCUT2D eigenvalue weighted by Gasteiger charge is -2.41. The Hall–Kier alpha value is -0.250. The van der Waals surface area contributed by atoms with Crippen LogP contribution >= 0.6 is 0 Å². The van der Waals surface area contributed by atoms with Gasteiger partial charge in [0.25, 0.3) is 10.2 Å². The molecule has 0 saturated carbocycles. The van der Waals surface area contributed by atoms with Crippen LogP contribution in [0.3, 0.4) is 0 Å². The number of methoxy groups -OCH3 is 1. The summed E-state index contributed by atoms with van der Waals surface area (Å²) in [4.78, 5) is 0. The van der Waals surface area contributed by atoms with Gasteiger partial charge in [0.1, 0.15) is 0 Å². The van der Waals surface area contributed by atoms with Crippen molar-refractivity contribution in [2.45, 2.75) is 25.6 Å². The van der Waals surface area contributed by atoms with Crippen LogP contribution in [0.25, 0.3) is 0 Å². The summed E-state index contributed by atoms with van der Waals surface area (Å²) in [6, 6.07) is 0. The number of morpholine rings is 1. The van der Waals surface area contributed by atoms with Crippen molar-refractivity contribution in [3.63, 3.8) is 0 Å². The Morgan fingerprint density at radius 2 is 2.22 bits per heavy atom. The first kappa shape index (κ1) is 15.8. The van der Waals surface area contributed by atoms with E-state index in [9.17, 15) is 8.42 Å². The summed E-state index contributed by atoms with van der Waals surface area (Å²) in [5.41, 5.74) is 5.04. The lowest BCUT2D eigenvalue weighted by atomic mass is 10.1. The predicted octanol–water partition coefficient (Wildman–Crippen LogP) is -1.09. The van der Waals surface area contributed by atoms with E-state index in [4.69, 9.17) is 15.2 Å². The van der Waals surface area contributed by atoms with Gasteiger partial charge in [0, 0.05) is 33.3 Å². The number of nitrogens with two attached hydrogens (primary N) is 1. The summed E-state index contributed by atoms with van der Waals surface area (Å²) in [7, 11) is -1.98. The third-order valence-corrected chi connectivity index (χ3v) is 4.17. The van der Waals surface area contributed by atoms with Crippen LogP contribution in [0, 0.1) is 0 Å². The molecule has 0 aromatic heterocycles. The van der Waals surface area contributed by atoms with E-state index in [1.54, 1.807) is 0 Å². The molecule has 0 aromatic carbocycles. The molecule has 0 amide bonds. The zero-order valence-corrected chi connectivity index (χ0v) is 12.0. The molecule has 0 bridgehead atoms. The highest BCUT2D eigenvalue weighted by Crippen LogP contribution is 2.22. The van der Waals surface area contributed by atoms with Crippen molar-refractivity contribution in [2.24, 2.45) is 5.73 Å². The van der Waals surface area contributed by atoms with Gasteiger partial charge in [-0.2, -0.15) is 17.4 Å². The second-order valence-electron chi connectivity index (χ2n) is 4.92. The number of hydrogen-bond donors (Lipinski definition) is 2. The van der Waals surface area contributed by atoms with Gasteiger partial charge in [-0.15, -0.1) is 0 Å². The molecular weight excluding hydrogens is 258 g/mol. The van der Waals surface area contributed by atoms with Crippen molar-refractivity contribution in [1.29, 1.82) is 0 Å². The van der Waals surface area contributed by atoms with Crippen LogP contribution in [-0.2, 0) is 19.7 Å². The third-order valence-electron chi connectivity index (χ3n) is 2.64. The molecule has 1 aliphatic heterocycles. The van der Waals surface area contributed by atoms with Gasteiger partial charge in [-0.1, -0.05) is 0 Å². The number of hydrogen-bond acceptors (Lipinski definition) is 5. The average Bonchev–Trinajstić information content (AvgIpc) is 2.27. The molecule has 1 atom stereocenters. The van der Waals surface area contributed by atoms with Crippen molar-refractivity contribution in [3.05, 3.63) is 0 Å². The second kappa shape index (κ2) is 6.27. The molecular formula is C10H23N3O4S. The molecule has 108 valence electrons. The Balaban J connectivity index is 2.68. The lowest BCUT2D eigenvalue weighted by molar-refractivity contribution is -0.113. The molecule has 0 aliphatic carbocycles. The van der Waals surface area contributed by atoms with Gasteiger partial charge in [0.15, 0.2) is 0 Å². The fourth-order valence-electron chi connectivity index (χ4n) is 1.91. The fraction of sp³-hybridized carbons (Fsp3) is 1.00. The highest BCUT2D eigenvalue weighted by atomic mass is 32.2. The molecule has 1 fully saturated rings. The van der Waals surface area contributed by atoms with Crippen molar-refractivity contribution in [2.75, 3.05) is 39.9 Å². The molecule has 3 N–H and O–H groups in total. The van der Waals surface area contributed by atoms with Gasteiger partial charge in [0.2, 0.25) is 0 Å². The van der Waals surface area contributed by atoms with E-state index in [2.05, 4.69) is 4.72 Å². The van der Waals surface area contributed by atoms with Crippen molar-refractivity contribution in [1.82, 2.24) is 9.03 Å². The van der Waals surface area contributed by atoms with Gasteiger partial charge < -0.3 is 15.2 Å². The zero-order valence-electron chi connectivity index (χ0n) is 11.2. The van der Waals surface area contributed by atoms with E-state index >= 15 is 0 Å². The van der Waals surface area contributed by atoms with Crippen molar-refractivity contribution in [3.8, 4) is 0 Å². The smallest absolute Gasteiger partial charge is 0.279 e. The van der Waals surface area contributed by atoms with Gasteiger partial charge in [-0.25, -0.2) is 0 Å². The van der Waals surface area contributed by atoms with Crippen LogP contribution in [0.2, 0.25) is 0 Å². The number of nitrogens with one attached hydrogen (secondary N) is 1. The topological polar surface area (TPSA) is 93.9 Å². The summed E-state index contributed by atoms with van der Waals surface area (Å²) < 4.78 is 38.5. The maximum Gasteiger partial charge on any atom is 0.279 e. The Kier molecular flexibility index (Phi) is 5.50. The van der Waals surface area contributed by atoms with Crippen molar-refractivity contribution >= 4 is 10.2 Å². The minimum atomic E-state index is -3.50. The Labute approximate surface area is 109 Å². The van der Waals surface area contributed by atoms with E-state index in [1.807, 2.05) is 13.8 Å². The molecule has 1 rings (SSSR count). The SMILES string of the molecule is COCCNS(=O)(=O)N1CC(CN)OC(C)(C)C1.